The summed E-state index contributed by atoms with van der Waals surface area (Å²) < 4.78 is 27.3. The molecule has 1 aliphatic heterocycles. The fourth-order valence-corrected chi connectivity index (χ4v) is 3.87. The van der Waals surface area contributed by atoms with Gasteiger partial charge >= 0.3 is 12.0 Å². The Hall–Kier alpha value is -5.18. The molecule has 216 valence electrons. The lowest BCUT2D eigenvalue weighted by Crippen LogP contribution is -2.45. The fraction of sp³-hybridized carbons (Fsp3) is 0.310. The zero-order valence-electron chi connectivity index (χ0n) is 23.2. The Morgan fingerprint density at radius 3 is 2.51 bits per heavy atom. The number of hydrazone groups is 1. The van der Waals surface area contributed by atoms with E-state index in [1.807, 2.05) is 6.92 Å². The molecule has 0 fully saturated rings. The van der Waals surface area contributed by atoms with Crippen molar-refractivity contribution < 1.29 is 38.1 Å². The van der Waals surface area contributed by atoms with Crippen molar-refractivity contribution >= 4 is 24.1 Å². The van der Waals surface area contributed by atoms with Crippen LogP contribution in [-0.2, 0) is 14.3 Å². The summed E-state index contributed by atoms with van der Waals surface area (Å²) in [7, 11) is 1.43. The first-order valence-corrected chi connectivity index (χ1v) is 12.7. The molecule has 41 heavy (non-hydrogen) atoms. The Morgan fingerprint density at radius 2 is 1.80 bits per heavy atom. The minimum Gasteiger partial charge on any atom is -0.493 e. The van der Waals surface area contributed by atoms with Gasteiger partial charge in [-0.3, -0.25) is 4.79 Å². The molecule has 3 N–H and O–H groups in total. The minimum atomic E-state index is -0.774. The average Bonchev–Trinajstić information content (AvgIpc) is 2.95. The summed E-state index contributed by atoms with van der Waals surface area (Å²) in [6.45, 7) is 5.53. The number of nitrogens with one attached hydrogen (secondary N) is 3. The Morgan fingerprint density at radius 1 is 1.05 bits per heavy atom. The van der Waals surface area contributed by atoms with Crippen molar-refractivity contribution in [2.45, 2.75) is 26.8 Å². The van der Waals surface area contributed by atoms with Crippen LogP contribution in [0.5, 0.6) is 23.0 Å². The van der Waals surface area contributed by atoms with Crippen molar-refractivity contribution in [1.82, 2.24) is 16.1 Å². The first-order valence-electron chi connectivity index (χ1n) is 12.7. The van der Waals surface area contributed by atoms with Crippen molar-refractivity contribution in [3.63, 3.8) is 0 Å². The summed E-state index contributed by atoms with van der Waals surface area (Å²) >= 11 is 0. The molecule has 0 radical (unpaired) electrons. The molecular formula is C29H32N4O8. The van der Waals surface area contributed by atoms with Gasteiger partial charge in [0.15, 0.2) is 29.6 Å². The summed E-state index contributed by atoms with van der Waals surface area (Å²) in [4.78, 5) is 37.0. The van der Waals surface area contributed by atoms with Crippen LogP contribution in [0, 0.1) is 12.3 Å². The maximum atomic E-state index is 12.6. The van der Waals surface area contributed by atoms with Gasteiger partial charge in [-0.1, -0.05) is 12.0 Å². The van der Waals surface area contributed by atoms with Gasteiger partial charge in [-0.15, -0.1) is 6.42 Å². The van der Waals surface area contributed by atoms with Crippen LogP contribution in [0.4, 0.5) is 4.79 Å². The van der Waals surface area contributed by atoms with Gasteiger partial charge in [-0.25, -0.2) is 15.0 Å². The number of hydrogen-bond acceptors (Lipinski definition) is 9. The van der Waals surface area contributed by atoms with Gasteiger partial charge in [-0.05, 0) is 62.2 Å². The van der Waals surface area contributed by atoms with Crippen molar-refractivity contribution in [3.8, 4) is 35.3 Å². The van der Waals surface area contributed by atoms with Crippen molar-refractivity contribution in [2.24, 2.45) is 5.10 Å². The largest absolute Gasteiger partial charge is 0.493 e. The second-order valence-corrected chi connectivity index (χ2v) is 8.41. The van der Waals surface area contributed by atoms with Crippen molar-refractivity contribution in [2.75, 3.05) is 33.5 Å². The van der Waals surface area contributed by atoms with E-state index >= 15 is 0 Å². The van der Waals surface area contributed by atoms with E-state index in [4.69, 9.17) is 30.1 Å². The molecular weight excluding hydrogens is 532 g/mol. The molecule has 3 amide bonds. The van der Waals surface area contributed by atoms with E-state index in [1.165, 1.54) is 13.3 Å². The Labute approximate surface area is 238 Å². The van der Waals surface area contributed by atoms with Crippen LogP contribution in [0.3, 0.4) is 0 Å². The Bertz CT molecular complexity index is 1380. The van der Waals surface area contributed by atoms with Crippen LogP contribution in [0.15, 0.2) is 52.8 Å². The molecule has 0 saturated carbocycles. The van der Waals surface area contributed by atoms with Gasteiger partial charge in [0.2, 0.25) is 0 Å². The fourth-order valence-electron chi connectivity index (χ4n) is 3.87. The number of carbonyl (C=O) groups is 3. The van der Waals surface area contributed by atoms with Crippen molar-refractivity contribution in [1.29, 1.82) is 0 Å². The third-order valence-electron chi connectivity index (χ3n) is 5.63. The maximum Gasteiger partial charge on any atom is 0.338 e. The molecule has 2 aromatic carbocycles. The summed E-state index contributed by atoms with van der Waals surface area (Å²) in [5, 5.41) is 9.27. The standard InChI is InChI=1S/C29H32N4O8/c1-6-13-40-22-11-9-19(14-24(22)38-7-2)16-30-33-25(34)17-41-21-12-10-20(15-23(21)37-5)27-26(28(35)39-8-3)18(4)31-29(36)32-27/h1,9-12,14-16,27H,7-8,13,17H2,2-5H3,(H,33,34)(H2,31,32,36)/b30-16-/t27-/m1/s1. The molecule has 1 heterocycles. The highest BCUT2D eigenvalue weighted by atomic mass is 16.5. The van der Waals surface area contributed by atoms with Gasteiger partial charge < -0.3 is 34.3 Å². The van der Waals surface area contributed by atoms with Gasteiger partial charge in [-0.2, -0.15) is 5.10 Å². The van der Waals surface area contributed by atoms with Gasteiger partial charge in [0, 0.05) is 5.70 Å². The van der Waals surface area contributed by atoms with Crippen LogP contribution < -0.4 is 35.0 Å². The predicted octanol–water partition coefficient (Wildman–Crippen LogP) is 2.83. The monoisotopic (exact) mass is 564 g/mol. The maximum absolute atomic E-state index is 12.6. The quantitative estimate of drug-likeness (QED) is 0.146. The van der Waals surface area contributed by atoms with Crippen LogP contribution in [0.25, 0.3) is 0 Å². The molecule has 0 aromatic heterocycles. The number of esters is 1. The smallest absolute Gasteiger partial charge is 0.338 e. The number of rotatable bonds is 13. The molecule has 12 nitrogen and oxygen atoms in total. The van der Waals surface area contributed by atoms with Gasteiger partial charge in [0.05, 0.1) is 38.2 Å². The van der Waals surface area contributed by atoms with E-state index in [-0.39, 0.29) is 31.1 Å². The Balaban J connectivity index is 1.65. The molecule has 12 heteroatoms. The second kappa shape index (κ2) is 14.8. The number of hydrogen-bond donors (Lipinski definition) is 3. The second-order valence-electron chi connectivity index (χ2n) is 8.41. The molecule has 2 aromatic rings. The number of carbonyl (C=O) groups excluding carboxylic acids is 3. The van der Waals surface area contributed by atoms with E-state index < -0.39 is 23.9 Å². The lowest BCUT2D eigenvalue weighted by Gasteiger charge is -2.28. The summed E-state index contributed by atoms with van der Waals surface area (Å²) in [5.41, 5.74) is 4.27. The first-order chi connectivity index (χ1) is 19.8. The molecule has 0 unspecified atom stereocenters. The average molecular weight is 565 g/mol. The molecule has 1 atom stereocenters. The predicted molar refractivity (Wildman–Crippen MR) is 150 cm³/mol. The number of benzene rings is 2. The van der Waals surface area contributed by atoms with E-state index in [0.717, 1.165) is 0 Å². The molecule has 0 bridgehead atoms. The number of methoxy groups -OCH3 is 1. The minimum absolute atomic E-state index is 0.108. The number of terminal acetylenes is 1. The van der Waals surface area contributed by atoms with Gasteiger partial charge in [0.25, 0.3) is 5.91 Å². The SMILES string of the molecule is C#CCOc1ccc(/C=N\NC(=O)COc2ccc([C@H]3NC(=O)NC(C)=C3C(=O)OCC)cc2OC)cc1OCC. The molecule has 0 spiro atoms. The lowest BCUT2D eigenvalue weighted by molar-refractivity contribution is -0.139. The third kappa shape index (κ3) is 8.15. The molecule has 3 rings (SSSR count). The molecule has 0 saturated heterocycles. The normalized spacial score (nSPS) is 14.4. The molecule has 0 aliphatic carbocycles. The van der Waals surface area contributed by atoms with E-state index in [9.17, 15) is 14.4 Å². The van der Waals surface area contributed by atoms with E-state index in [1.54, 1.807) is 50.2 Å². The van der Waals surface area contributed by atoms with Crippen LogP contribution in [0.2, 0.25) is 0 Å². The number of ether oxygens (including phenoxy) is 5. The van der Waals surface area contributed by atoms with Crippen LogP contribution >= 0.6 is 0 Å². The highest BCUT2D eigenvalue weighted by Gasteiger charge is 2.32. The third-order valence-corrected chi connectivity index (χ3v) is 5.63. The zero-order chi connectivity index (χ0) is 29.8. The number of amides is 3. The first kappa shape index (κ1) is 30.4. The highest BCUT2D eigenvalue weighted by Crippen LogP contribution is 2.34. The van der Waals surface area contributed by atoms with Crippen molar-refractivity contribution in [3.05, 3.63) is 58.8 Å². The summed E-state index contributed by atoms with van der Waals surface area (Å²) in [6.07, 6.45) is 6.69. The van der Waals surface area contributed by atoms with E-state index in [2.05, 4.69) is 27.1 Å². The zero-order valence-corrected chi connectivity index (χ0v) is 23.2. The number of nitrogens with zero attached hydrogens (tertiary/aromatic N) is 1. The topological polar surface area (TPSA) is 146 Å². The van der Waals surface area contributed by atoms with Gasteiger partial charge in [0.1, 0.15) is 6.61 Å². The molecule has 1 aliphatic rings. The van der Waals surface area contributed by atoms with Crippen LogP contribution in [0.1, 0.15) is 37.9 Å². The van der Waals surface area contributed by atoms with Crippen LogP contribution in [-0.4, -0.2) is 57.7 Å². The summed E-state index contributed by atoms with van der Waals surface area (Å²) in [5.74, 6) is 2.91. The lowest BCUT2D eigenvalue weighted by atomic mass is 9.95. The number of urea groups is 1. The van der Waals surface area contributed by atoms with E-state index in [0.29, 0.717) is 40.7 Å². The highest BCUT2D eigenvalue weighted by molar-refractivity contribution is 5.95. The summed E-state index contributed by atoms with van der Waals surface area (Å²) in [6, 6.07) is 8.77. The Kier molecular flexibility index (Phi) is 11.0. The number of allylic oxidation sites excluding steroid dienone is 1.